The molecule has 0 aromatic carbocycles. The molecular weight excluding hydrogens is 248 g/mol. The maximum Gasteiger partial charge on any atom is 0.333 e. The quantitative estimate of drug-likeness (QED) is 0.419. The molecule has 0 atom stereocenters. The Labute approximate surface area is 110 Å². The molecule has 0 spiro atoms. The van der Waals surface area contributed by atoms with Crippen molar-refractivity contribution in [2.24, 2.45) is 0 Å². The number of carbonyl (C=O) groups excluding carboxylic acids is 1. The zero-order valence-electron chi connectivity index (χ0n) is 11.8. The lowest BCUT2D eigenvalue weighted by Crippen LogP contribution is -2.31. The molecular formula is C13H24O4Si. The molecule has 0 saturated heterocycles. The summed E-state index contributed by atoms with van der Waals surface area (Å²) in [5.74, 6) is -1.47. The predicted molar refractivity (Wildman–Crippen MR) is 74.2 cm³/mol. The average molecular weight is 272 g/mol. The molecule has 1 N–H and O–H groups in total. The van der Waals surface area contributed by atoms with E-state index in [0.29, 0.717) is 5.57 Å². The van der Waals surface area contributed by atoms with Crippen molar-refractivity contribution in [2.75, 3.05) is 6.61 Å². The lowest BCUT2D eigenvalue weighted by atomic mass is 10.2. The minimum absolute atomic E-state index is 0.242. The molecule has 0 aliphatic carbocycles. The maximum atomic E-state index is 11.8. The smallest absolute Gasteiger partial charge is 0.333 e. The number of carbonyl (C=O) groups is 2. The first-order chi connectivity index (χ1) is 8.44. The molecule has 4 nitrogen and oxygen atoms in total. The van der Waals surface area contributed by atoms with Crippen molar-refractivity contribution in [3.8, 4) is 0 Å². The van der Waals surface area contributed by atoms with E-state index >= 15 is 0 Å². The Morgan fingerprint density at radius 3 is 1.94 bits per heavy atom. The number of rotatable bonds is 8. The van der Waals surface area contributed by atoms with E-state index in [1.807, 2.05) is 5.70 Å². The number of carboxylic acids is 1. The summed E-state index contributed by atoms with van der Waals surface area (Å²) >= 11 is 0. The van der Waals surface area contributed by atoms with Gasteiger partial charge in [0.25, 0.3) is 0 Å². The molecule has 104 valence electrons. The van der Waals surface area contributed by atoms with Gasteiger partial charge in [-0.1, -0.05) is 44.6 Å². The van der Waals surface area contributed by atoms with Crippen molar-refractivity contribution in [1.82, 2.24) is 0 Å². The van der Waals surface area contributed by atoms with Crippen molar-refractivity contribution in [3.63, 3.8) is 0 Å². The maximum absolute atomic E-state index is 11.8. The summed E-state index contributed by atoms with van der Waals surface area (Å²) in [7, 11) is -1.67. The van der Waals surface area contributed by atoms with Crippen LogP contribution in [0.25, 0.3) is 0 Å². The molecule has 18 heavy (non-hydrogen) atoms. The van der Waals surface area contributed by atoms with Crippen LogP contribution < -0.4 is 0 Å². The minimum Gasteiger partial charge on any atom is -0.481 e. The van der Waals surface area contributed by atoms with E-state index in [4.69, 9.17) is 9.84 Å². The summed E-state index contributed by atoms with van der Waals surface area (Å²) in [4.78, 5) is 22.6. The Balaban J connectivity index is 5.26. The van der Waals surface area contributed by atoms with Crippen LogP contribution in [0.3, 0.4) is 0 Å². The molecule has 0 bridgehead atoms. The van der Waals surface area contributed by atoms with E-state index in [1.165, 1.54) is 0 Å². The first kappa shape index (κ1) is 16.9. The second-order valence-electron chi connectivity index (χ2n) is 4.38. The van der Waals surface area contributed by atoms with Crippen LogP contribution in [-0.2, 0) is 14.3 Å². The highest BCUT2D eigenvalue weighted by Gasteiger charge is 2.27. The van der Waals surface area contributed by atoms with Crippen LogP contribution in [0.1, 0.15) is 34.1 Å². The van der Waals surface area contributed by atoms with E-state index < -0.39 is 20.0 Å². The number of hydrogen-bond donors (Lipinski definition) is 1. The first-order valence-electron chi connectivity index (χ1n) is 6.55. The lowest BCUT2D eigenvalue weighted by Gasteiger charge is -2.25. The van der Waals surface area contributed by atoms with Gasteiger partial charge in [-0.05, 0) is 6.92 Å². The van der Waals surface area contributed by atoms with Gasteiger partial charge in [0.2, 0.25) is 0 Å². The van der Waals surface area contributed by atoms with Crippen LogP contribution >= 0.6 is 0 Å². The van der Waals surface area contributed by atoms with Gasteiger partial charge in [-0.2, -0.15) is 0 Å². The molecule has 0 aliphatic rings. The van der Waals surface area contributed by atoms with E-state index in [0.717, 1.165) is 18.1 Å². The minimum atomic E-state index is -1.67. The van der Waals surface area contributed by atoms with Crippen LogP contribution in [0.4, 0.5) is 0 Å². The van der Waals surface area contributed by atoms with Gasteiger partial charge in [0, 0.05) is 5.57 Å². The monoisotopic (exact) mass is 272 g/mol. The fourth-order valence-corrected chi connectivity index (χ4v) is 5.07. The Morgan fingerprint density at radius 2 is 1.61 bits per heavy atom. The van der Waals surface area contributed by atoms with Crippen molar-refractivity contribution in [2.45, 2.75) is 52.2 Å². The standard InChI is InChI=1S/C13H24O4Si/c1-5-17-13(16)11(9-12(14)15)10-18(6-2,7-3)8-4/h10H,5-9H2,1-4H3,(H,14,15). The SMILES string of the molecule is CCOC(=O)C(=C[Si](CC)(CC)CC)CC(=O)O. The summed E-state index contributed by atoms with van der Waals surface area (Å²) in [5.41, 5.74) is 2.26. The predicted octanol–water partition coefficient (Wildman–Crippen LogP) is 3.00. The van der Waals surface area contributed by atoms with E-state index in [9.17, 15) is 9.59 Å². The third-order valence-electron chi connectivity index (χ3n) is 3.47. The summed E-state index contributed by atoms with van der Waals surface area (Å²) < 4.78 is 4.94. The molecule has 0 amide bonds. The summed E-state index contributed by atoms with van der Waals surface area (Å²) in [6.07, 6.45) is -0.242. The largest absolute Gasteiger partial charge is 0.481 e. The van der Waals surface area contributed by atoms with Crippen LogP contribution in [0.5, 0.6) is 0 Å². The van der Waals surface area contributed by atoms with Crippen molar-refractivity contribution in [1.29, 1.82) is 0 Å². The number of hydrogen-bond acceptors (Lipinski definition) is 3. The summed E-state index contributed by atoms with van der Waals surface area (Å²) in [5, 5.41) is 8.88. The van der Waals surface area contributed by atoms with Gasteiger partial charge in [0.05, 0.1) is 21.1 Å². The summed E-state index contributed by atoms with van der Waals surface area (Å²) in [6.45, 7) is 8.33. The molecule has 0 aromatic heterocycles. The van der Waals surface area contributed by atoms with Crippen LogP contribution in [0, 0.1) is 0 Å². The Bertz CT molecular complexity index is 311. The highest BCUT2D eigenvalue weighted by Crippen LogP contribution is 2.24. The van der Waals surface area contributed by atoms with Crippen LogP contribution in [-0.4, -0.2) is 31.7 Å². The molecule has 0 aliphatic heterocycles. The fraction of sp³-hybridized carbons (Fsp3) is 0.692. The Morgan fingerprint density at radius 1 is 1.11 bits per heavy atom. The van der Waals surface area contributed by atoms with Gasteiger partial charge in [-0.15, -0.1) is 0 Å². The molecule has 0 rings (SSSR count). The van der Waals surface area contributed by atoms with E-state index in [-0.39, 0.29) is 13.0 Å². The van der Waals surface area contributed by atoms with Crippen LogP contribution in [0.2, 0.25) is 18.1 Å². The Kier molecular flexibility index (Phi) is 7.58. The highest BCUT2D eigenvalue weighted by molar-refractivity contribution is 6.84. The topological polar surface area (TPSA) is 63.6 Å². The molecule has 0 aromatic rings. The van der Waals surface area contributed by atoms with E-state index in [1.54, 1.807) is 6.92 Å². The number of carboxylic acid groups (broad SMARTS) is 1. The van der Waals surface area contributed by atoms with Crippen molar-refractivity contribution >= 4 is 20.0 Å². The lowest BCUT2D eigenvalue weighted by molar-refractivity contribution is -0.142. The third kappa shape index (κ3) is 5.04. The van der Waals surface area contributed by atoms with Gasteiger partial charge in [-0.25, -0.2) is 4.79 Å². The zero-order chi connectivity index (χ0) is 14.2. The summed E-state index contributed by atoms with van der Waals surface area (Å²) in [6, 6.07) is 3.05. The number of aliphatic carboxylic acids is 1. The molecule has 5 heteroatoms. The fourth-order valence-electron chi connectivity index (χ4n) is 1.99. The molecule has 0 fully saturated rings. The Hall–Kier alpha value is -1.10. The van der Waals surface area contributed by atoms with Gasteiger partial charge >= 0.3 is 11.9 Å². The highest BCUT2D eigenvalue weighted by atomic mass is 28.3. The molecule has 0 saturated carbocycles. The van der Waals surface area contributed by atoms with Gasteiger partial charge < -0.3 is 9.84 Å². The second kappa shape index (κ2) is 8.08. The molecule has 0 heterocycles. The van der Waals surface area contributed by atoms with Crippen molar-refractivity contribution in [3.05, 3.63) is 11.3 Å². The van der Waals surface area contributed by atoms with Crippen molar-refractivity contribution < 1.29 is 19.4 Å². The normalized spacial score (nSPS) is 12.3. The average Bonchev–Trinajstić information content (AvgIpc) is 2.34. The first-order valence-corrected chi connectivity index (χ1v) is 9.25. The van der Waals surface area contributed by atoms with Crippen LogP contribution in [0.15, 0.2) is 11.3 Å². The van der Waals surface area contributed by atoms with E-state index in [2.05, 4.69) is 20.8 Å². The van der Waals surface area contributed by atoms with Gasteiger partial charge in [0.15, 0.2) is 0 Å². The number of esters is 1. The second-order valence-corrected chi connectivity index (χ2v) is 9.52. The number of ether oxygens (including phenoxy) is 1. The third-order valence-corrected chi connectivity index (χ3v) is 8.66. The molecule has 0 unspecified atom stereocenters. The zero-order valence-corrected chi connectivity index (χ0v) is 12.8. The van der Waals surface area contributed by atoms with Gasteiger partial charge in [0.1, 0.15) is 0 Å². The van der Waals surface area contributed by atoms with Gasteiger partial charge in [-0.3, -0.25) is 4.79 Å². The molecule has 0 radical (unpaired) electrons.